The van der Waals surface area contributed by atoms with Crippen molar-refractivity contribution in [1.29, 1.82) is 0 Å². The summed E-state index contributed by atoms with van der Waals surface area (Å²) < 4.78 is 16.1. The van der Waals surface area contributed by atoms with Gasteiger partial charge in [-0.3, -0.25) is 4.79 Å². The summed E-state index contributed by atoms with van der Waals surface area (Å²) in [4.78, 5) is 37.6. The van der Waals surface area contributed by atoms with Crippen LogP contribution in [0.1, 0.15) is 76.2 Å². The van der Waals surface area contributed by atoms with E-state index in [9.17, 15) is 14.4 Å². The number of unbranched alkanes of at least 4 members (excludes halogenated alkanes) is 3. The van der Waals surface area contributed by atoms with Gasteiger partial charge in [0.05, 0.1) is 24.0 Å². The number of carbonyl (C=O) groups excluding carboxylic acids is 3. The van der Waals surface area contributed by atoms with Gasteiger partial charge in [0.2, 0.25) is 5.76 Å². The Hall–Kier alpha value is -3.61. The fraction of sp³-hybridized carbons (Fsp3) is 0.414. The first kappa shape index (κ1) is 28.6. The maximum atomic E-state index is 12.9. The standard InChI is InChI=1S/C29H37NO6/c1-6-7-8-9-12-22-15-17-23(18-16-22)28(32)30-24-13-10-11-14-25(24)36-26(29(33)35-21(4)5)19-27(31)34-20(2)3/h10-11,13-21H,6-9,12H2,1-5H3,(H,30,32)/b26-19-. The largest absolute Gasteiger partial charge is 0.460 e. The van der Waals surface area contributed by atoms with E-state index in [-0.39, 0.29) is 23.5 Å². The van der Waals surface area contributed by atoms with Gasteiger partial charge in [0.25, 0.3) is 5.91 Å². The Morgan fingerprint density at radius 2 is 1.53 bits per heavy atom. The van der Waals surface area contributed by atoms with Gasteiger partial charge in [0.15, 0.2) is 5.75 Å². The fourth-order valence-electron chi connectivity index (χ4n) is 3.33. The van der Waals surface area contributed by atoms with Crippen LogP contribution in [0.5, 0.6) is 5.75 Å². The van der Waals surface area contributed by atoms with Gasteiger partial charge in [0.1, 0.15) is 0 Å². The summed E-state index contributed by atoms with van der Waals surface area (Å²) in [6.45, 7) is 8.95. The molecule has 7 heteroatoms. The van der Waals surface area contributed by atoms with E-state index in [2.05, 4.69) is 12.2 Å². The zero-order chi connectivity index (χ0) is 26.5. The molecule has 0 saturated carbocycles. The average Bonchev–Trinajstić information content (AvgIpc) is 2.82. The number of esters is 2. The predicted octanol–water partition coefficient (Wildman–Crippen LogP) is 6.23. The molecule has 0 aliphatic heterocycles. The van der Waals surface area contributed by atoms with Gasteiger partial charge in [-0.15, -0.1) is 0 Å². The van der Waals surface area contributed by atoms with Crippen molar-refractivity contribution in [3.8, 4) is 5.75 Å². The summed E-state index contributed by atoms with van der Waals surface area (Å²) in [7, 11) is 0. The van der Waals surface area contributed by atoms with E-state index in [1.807, 2.05) is 12.1 Å². The molecule has 0 bridgehead atoms. The molecule has 2 aromatic rings. The summed E-state index contributed by atoms with van der Waals surface area (Å²) >= 11 is 0. The van der Waals surface area contributed by atoms with Crippen molar-refractivity contribution in [2.75, 3.05) is 5.32 Å². The topological polar surface area (TPSA) is 90.9 Å². The third-order valence-electron chi connectivity index (χ3n) is 5.04. The number of benzene rings is 2. The lowest BCUT2D eigenvalue weighted by Crippen LogP contribution is -2.20. The quantitative estimate of drug-likeness (QED) is 0.153. The van der Waals surface area contributed by atoms with Crippen LogP contribution in [0.3, 0.4) is 0 Å². The molecule has 194 valence electrons. The van der Waals surface area contributed by atoms with E-state index in [0.717, 1.165) is 18.9 Å². The SMILES string of the molecule is CCCCCCc1ccc(C(=O)Nc2ccccc2O/C(=C\C(=O)OC(C)C)C(=O)OC(C)C)cc1. The van der Waals surface area contributed by atoms with Gasteiger partial charge in [-0.1, -0.05) is 50.5 Å². The van der Waals surface area contributed by atoms with Crippen LogP contribution >= 0.6 is 0 Å². The molecule has 2 aromatic carbocycles. The lowest BCUT2D eigenvalue weighted by molar-refractivity contribution is -0.147. The van der Waals surface area contributed by atoms with E-state index in [0.29, 0.717) is 11.3 Å². The van der Waals surface area contributed by atoms with E-state index in [4.69, 9.17) is 14.2 Å². The molecule has 7 nitrogen and oxygen atoms in total. The lowest BCUT2D eigenvalue weighted by atomic mass is 10.0. The van der Waals surface area contributed by atoms with E-state index in [1.165, 1.54) is 24.8 Å². The summed E-state index contributed by atoms with van der Waals surface area (Å²) in [5.74, 6) is -2.04. The predicted molar refractivity (Wildman–Crippen MR) is 140 cm³/mol. The number of rotatable bonds is 13. The molecule has 1 amide bonds. The highest BCUT2D eigenvalue weighted by Gasteiger charge is 2.20. The third-order valence-corrected chi connectivity index (χ3v) is 5.04. The van der Waals surface area contributed by atoms with E-state index in [1.54, 1.807) is 64.1 Å². The van der Waals surface area contributed by atoms with Crippen LogP contribution < -0.4 is 10.1 Å². The number of hydrogen-bond acceptors (Lipinski definition) is 6. The molecule has 0 aliphatic rings. The molecular formula is C29H37NO6. The van der Waals surface area contributed by atoms with Crippen molar-refractivity contribution in [1.82, 2.24) is 0 Å². The van der Waals surface area contributed by atoms with Crippen molar-refractivity contribution in [2.45, 2.75) is 78.9 Å². The van der Waals surface area contributed by atoms with Crippen LogP contribution in [0.15, 0.2) is 60.4 Å². The smallest absolute Gasteiger partial charge is 0.374 e. The minimum Gasteiger partial charge on any atom is -0.460 e. The molecule has 0 atom stereocenters. The number of amides is 1. The Balaban J connectivity index is 2.17. The molecule has 0 unspecified atom stereocenters. The highest BCUT2D eigenvalue weighted by molar-refractivity contribution is 6.05. The van der Waals surface area contributed by atoms with Crippen molar-refractivity contribution in [2.24, 2.45) is 0 Å². The molecule has 0 spiro atoms. The van der Waals surface area contributed by atoms with Gasteiger partial charge in [0, 0.05) is 5.56 Å². The van der Waals surface area contributed by atoms with Crippen molar-refractivity contribution < 1.29 is 28.6 Å². The number of anilines is 1. The summed E-state index contributed by atoms with van der Waals surface area (Å²) in [5, 5.41) is 2.82. The Kier molecular flexibility index (Phi) is 11.7. The fourth-order valence-corrected chi connectivity index (χ4v) is 3.33. The second-order valence-electron chi connectivity index (χ2n) is 9.01. The zero-order valence-corrected chi connectivity index (χ0v) is 21.8. The van der Waals surface area contributed by atoms with Crippen LogP contribution in [0.4, 0.5) is 5.69 Å². The van der Waals surface area contributed by atoms with Crippen LogP contribution in [-0.2, 0) is 25.5 Å². The molecule has 0 radical (unpaired) electrons. The number of aryl methyl sites for hydroxylation is 1. The van der Waals surface area contributed by atoms with Crippen molar-refractivity contribution >= 4 is 23.5 Å². The van der Waals surface area contributed by atoms with Crippen LogP contribution in [0, 0.1) is 0 Å². The summed E-state index contributed by atoms with van der Waals surface area (Å²) in [6, 6.07) is 14.2. The third kappa shape index (κ3) is 9.94. The van der Waals surface area contributed by atoms with Crippen LogP contribution in [0.25, 0.3) is 0 Å². The highest BCUT2D eigenvalue weighted by atomic mass is 16.6. The van der Waals surface area contributed by atoms with Gasteiger partial charge >= 0.3 is 11.9 Å². The molecule has 0 aliphatic carbocycles. The van der Waals surface area contributed by atoms with Crippen LogP contribution in [0.2, 0.25) is 0 Å². The first-order chi connectivity index (χ1) is 17.2. The summed E-state index contributed by atoms with van der Waals surface area (Å²) in [6.07, 6.45) is 5.90. The van der Waals surface area contributed by atoms with Crippen LogP contribution in [-0.4, -0.2) is 30.1 Å². The molecule has 2 rings (SSSR count). The first-order valence-electron chi connectivity index (χ1n) is 12.5. The number of carbonyl (C=O) groups is 3. The molecular weight excluding hydrogens is 458 g/mol. The summed E-state index contributed by atoms with van der Waals surface area (Å²) in [5.41, 5.74) is 2.03. The maximum absolute atomic E-state index is 12.9. The second-order valence-corrected chi connectivity index (χ2v) is 9.01. The Morgan fingerprint density at radius 3 is 2.17 bits per heavy atom. The van der Waals surface area contributed by atoms with E-state index >= 15 is 0 Å². The molecule has 0 aromatic heterocycles. The maximum Gasteiger partial charge on any atom is 0.374 e. The normalized spacial score (nSPS) is 11.4. The molecule has 0 saturated heterocycles. The number of nitrogens with one attached hydrogen (secondary N) is 1. The monoisotopic (exact) mass is 495 g/mol. The Morgan fingerprint density at radius 1 is 0.861 bits per heavy atom. The van der Waals surface area contributed by atoms with Crippen molar-refractivity contribution in [3.05, 3.63) is 71.5 Å². The van der Waals surface area contributed by atoms with Gasteiger partial charge in [-0.25, -0.2) is 9.59 Å². The second kappa shape index (κ2) is 14.7. The number of ether oxygens (including phenoxy) is 3. The van der Waals surface area contributed by atoms with Gasteiger partial charge in [-0.2, -0.15) is 0 Å². The Labute approximate surface area is 213 Å². The number of para-hydroxylation sites is 2. The van der Waals surface area contributed by atoms with Gasteiger partial charge in [-0.05, 0) is 70.4 Å². The van der Waals surface area contributed by atoms with E-state index < -0.39 is 18.0 Å². The highest BCUT2D eigenvalue weighted by Crippen LogP contribution is 2.27. The van der Waals surface area contributed by atoms with Gasteiger partial charge < -0.3 is 19.5 Å². The average molecular weight is 496 g/mol. The molecule has 36 heavy (non-hydrogen) atoms. The zero-order valence-electron chi connectivity index (χ0n) is 21.8. The van der Waals surface area contributed by atoms with Crippen molar-refractivity contribution in [3.63, 3.8) is 0 Å². The molecule has 0 fully saturated rings. The Bertz CT molecular complexity index is 1040. The lowest BCUT2D eigenvalue weighted by Gasteiger charge is -2.15. The first-order valence-corrected chi connectivity index (χ1v) is 12.5. The minimum atomic E-state index is -0.818. The minimum absolute atomic E-state index is 0.183. The number of hydrogen-bond donors (Lipinski definition) is 1. The molecule has 1 N–H and O–H groups in total. The molecule has 0 heterocycles.